The van der Waals surface area contributed by atoms with E-state index in [1.54, 1.807) is 35.9 Å². The highest BCUT2D eigenvalue weighted by Crippen LogP contribution is 2.67. The molecule has 2 aromatic rings. The molecule has 4 aliphatic carbocycles. The van der Waals surface area contributed by atoms with Gasteiger partial charge in [-0.05, 0) is 140 Å². The van der Waals surface area contributed by atoms with E-state index in [2.05, 4.69) is 47.6 Å². The summed E-state index contributed by atoms with van der Waals surface area (Å²) in [7, 11) is 0. The van der Waals surface area contributed by atoms with Gasteiger partial charge < -0.3 is 14.2 Å². The minimum absolute atomic E-state index is 0.0123. The first-order chi connectivity index (χ1) is 27.9. The van der Waals surface area contributed by atoms with Crippen LogP contribution in [-0.2, 0) is 9.53 Å². The van der Waals surface area contributed by atoms with E-state index in [4.69, 9.17) is 14.2 Å². The Hall–Kier alpha value is -2.89. The molecule has 0 N–H and O–H groups in total. The van der Waals surface area contributed by atoms with E-state index >= 15 is 4.39 Å². The van der Waals surface area contributed by atoms with Gasteiger partial charge in [0.15, 0.2) is 11.6 Å². The number of carbonyl (C=O) groups is 1. The molecule has 0 saturated heterocycles. The number of carbonyl (C=O) groups excluding carboxylic acids is 1. The van der Waals surface area contributed by atoms with Crippen molar-refractivity contribution in [3.05, 3.63) is 59.7 Å². The van der Waals surface area contributed by atoms with Gasteiger partial charge in [-0.1, -0.05) is 117 Å². The van der Waals surface area contributed by atoms with Crippen LogP contribution < -0.4 is 9.47 Å². The molecule has 8 atom stereocenters. The summed E-state index contributed by atoms with van der Waals surface area (Å²) in [6.07, 6.45) is 25.0. The van der Waals surface area contributed by atoms with E-state index in [1.807, 2.05) is 0 Å². The van der Waals surface area contributed by atoms with Crippen LogP contribution in [0, 0.1) is 58.0 Å². The number of allylic oxidation sites excluding steroid dienone is 1. The summed E-state index contributed by atoms with van der Waals surface area (Å²) in [5.41, 5.74) is 3.08. The molecule has 6 heteroatoms. The van der Waals surface area contributed by atoms with Gasteiger partial charge in [0, 0.05) is 18.4 Å². The predicted octanol–water partition coefficient (Wildman–Crippen LogP) is 14.9. The normalized spacial score (nSPS) is 28.3. The maximum Gasteiger partial charge on any atom is 0.306 e. The molecule has 4 nitrogen and oxygen atoms in total. The molecular weight excluding hydrogens is 727 g/mol. The topological polar surface area (TPSA) is 44.8 Å². The van der Waals surface area contributed by atoms with Crippen molar-refractivity contribution in [2.75, 3.05) is 13.2 Å². The average molecular weight is 803 g/mol. The second kappa shape index (κ2) is 20.6. The fourth-order valence-corrected chi connectivity index (χ4v) is 12.2. The van der Waals surface area contributed by atoms with E-state index < -0.39 is 11.6 Å². The molecule has 4 aliphatic rings. The number of fused-ring (bicyclic) bond motifs is 5. The fourth-order valence-electron chi connectivity index (χ4n) is 12.2. The maximum absolute atomic E-state index is 15.0. The Morgan fingerprint density at radius 2 is 1.52 bits per heavy atom. The van der Waals surface area contributed by atoms with Crippen molar-refractivity contribution in [1.82, 2.24) is 0 Å². The second-order valence-corrected chi connectivity index (χ2v) is 19.8. The number of halogens is 2. The Labute approximate surface area is 350 Å². The van der Waals surface area contributed by atoms with Crippen molar-refractivity contribution >= 4 is 5.97 Å². The van der Waals surface area contributed by atoms with Crippen LogP contribution >= 0.6 is 0 Å². The number of ether oxygens (including phenoxy) is 3. The molecule has 58 heavy (non-hydrogen) atoms. The summed E-state index contributed by atoms with van der Waals surface area (Å²) in [5, 5.41) is 0. The minimum Gasteiger partial charge on any atom is -0.494 e. The Morgan fingerprint density at radius 1 is 0.776 bits per heavy atom. The van der Waals surface area contributed by atoms with E-state index in [1.165, 1.54) is 76.7 Å². The zero-order valence-electron chi connectivity index (χ0n) is 37.0. The van der Waals surface area contributed by atoms with Crippen LogP contribution in [-0.4, -0.2) is 25.3 Å². The lowest BCUT2D eigenvalue weighted by atomic mass is 9.47. The highest BCUT2D eigenvalue weighted by Gasteiger charge is 2.59. The van der Waals surface area contributed by atoms with Crippen molar-refractivity contribution in [2.24, 2.45) is 46.3 Å². The lowest BCUT2D eigenvalue weighted by Gasteiger charge is -2.58. The highest BCUT2D eigenvalue weighted by molar-refractivity contribution is 5.69. The molecule has 0 aliphatic heterocycles. The third kappa shape index (κ3) is 10.5. The monoisotopic (exact) mass is 803 g/mol. The molecule has 0 aromatic heterocycles. The van der Waals surface area contributed by atoms with E-state index in [0.29, 0.717) is 42.8 Å². The van der Waals surface area contributed by atoms with Gasteiger partial charge in [-0.25, -0.2) is 4.39 Å². The van der Waals surface area contributed by atoms with Gasteiger partial charge in [0.2, 0.25) is 5.82 Å². The molecule has 3 saturated carbocycles. The Balaban J connectivity index is 0.898. The van der Waals surface area contributed by atoms with Gasteiger partial charge in [-0.15, -0.1) is 0 Å². The summed E-state index contributed by atoms with van der Waals surface area (Å²) < 4.78 is 47.4. The molecular formula is C52H76F2O4. The first-order valence-corrected chi connectivity index (χ1v) is 23.7. The Kier molecular flexibility index (Phi) is 15.8. The molecule has 322 valence electrons. The summed E-state index contributed by atoms with van der Waals surface area (Å²) in [6.45, 7) is 15.5. The highest BCUT2D eigenvalue weighted by atomic mass is 19.2. The molecule has 0 unspecified atom stereocenters. The zero-order chi connectivity index (χ0) is 41.3. The molecule has 0 spiro atoms. The van der Waals surface area contributed by atoms with Gasteiger partial charge in [0.1, 0.15) is 11.9 Å². The van der Waals surface area contributed by atoms with E-state index in [9.17, 15) is 9.18 Å². The SMILES string of the molecule is CCCCCCCCOc1ccc(-c2ccc(OCCCCC(=O)O[C@H]3CC[C@@]4(C)C(=CC[C@H]5[C@@H]6CC[C@H]([C@H](C)CCCC(C)C)[C@@]6(C)CC[C@@H]54)C3)cc2)c(F)c1F. The standard InChI is InChI=1S/C52H76F2O4/c1-7-8-9-10-11-13-34-57-47-28-25-42(49(53)50(47)54)38-19-22-40(23-20-38)56-33-14-12-18-48(55)58-41-29-31-51(5)39(35-41)21-24-43-45-27-26-44(37(4)17-15-16-36(2)3)52(45,6)32-30-46(43)51/h19-23,25,28,36-37,41,43-46H,7-18,24,26-27,29-35H2,1-6H3/t37-,41+,43+,44-,45+,46+,51+,52-/m1/s1. The van der Waals surface area contributed by atoms with Crippen molar-refractivity contribution in [3.8, 4) is 22.6 Å². The lowest BCUT2D eigenvalue weighted by molar-refractivity contribution is -0.151. The Morgan fingerprint density at radius 3 is 2.29 bits per heavy atom. The Bertz CT molecular complexity index is 1650. The third-order valence-electron chi connectivity index (χ3n) is 15.6. The van der Waals surface area contributed by atoms with Crippen molar-refractivity contribution in [3.63, 3.8) is 0 Å². The lowest BCUT2D eigenvalue weighted by Crippen LogP contribution is -2.51. The van der Waals surface area contributed by atoms with Crippen molar-refractivity contribution < 1.29 is 27.8 Å². The van der Waals surface area contributed by atoms with Crippen LogP contribution in [0.4, 0.5) is 8.78 Å². The van der Waals surface area contributed by atoms with Crippen LogP contribution in [0.5, 0.6) is 11.5 Å². The second-order valence-electron chi connectivity index (χ2n) is 19.8. The van der Waals surface area contributed by atoms with Crippen LogP contribution in [0.25, 0.3) is 11.1 Å². The molecule has 0 radical (unpaired) electrons. The number of esters is 1. The third-order valence-corrected chi connectivity index (χ3v) is 15.6. The first-order valence-electron chi connectivity index (χ1n) is 23.7. The van der Waals surface area contributed by atoms with Crippen molar-refractivity contribution in [2.45, 2.75) is 176 Å². The van der Waals surface area contributed by atoms with Crippen molar-refractivity contribution in [1.29, 1.82) is 0 Å². The molecule has 0 heterocycles. The quantitative estimate of drug-likeness (QED) is 0.0716. The number of unbranched alkanes of at least 4 members (excludes halogenated alkanes) is 6. The van der Waals surface area contributed by atoms with Gasteiger partial charge >= 0.3 is 5.97 Å². The molecule has 0 bridgehead atoms. The van der Waals surface area contributed by atoms with Crippen LogP contribution in [0.1, 0.15) is 170 Å². The largest absolute Gasteiger partial charge is 0.494 e. The molecule has 6 rings (SSSR count). The summed E-state index contributed by atoms with van der Waals surface area (Å²) in [4.78, 5) is 13.0. The predicted molar refractivity (Wildman–Crippen MR) is 233 cm³/mol. The smallest absolute Gasteiger partial charge is 0.306 e. The molecule has 2 aromatic carbocycles. The van der Waals surface area contributed by atoms with Gasteiger partial charge in [0.25, 0.3) is 0 Å². The molecule has 3 fully saturated rings. The van der Waals surface area contributed by atoms with Crippen LogP contribution in [0.15, 0.2) is 48.0 Å². The zero-order valence-corrected chi connectivity index (χ0v) is 37.0. The van der Waals surface area contributed by atoms with Gasteiger partial charge in [-0.3, -0.25) is 4.79 Å². The maximum atomic E-state index is 15.0. The first kappa shape index (κ1) is 44.7. The van der Waals surface area contributed by atoms with E-state index in [-0.39, 0.29) is 28.8 Å². The summed E-state index contributed by atoms with van der Waals surface area (Å²) in [5.74, 6) is 3.62. The number of hydrogen-bond acceptors (Lipinski definition) is 4. The average Bonchev–Trinajstić information content (AvgIpc) is 3.56. The number of rotatable bonds is 21. The summed E-state index contributed by atoms with van der Waals surface area (Å²) >= 11 is 0. The minimum atomic E-state index is -0.949. The van der Waals surface area contributed by atoms with E-state index in [0.717, 1.165) is 80.5 Å². The number of benzene rings is 2. The fraction of sp³-hybridized carbons (Fsp3) is 0.712. The van der Waals surface area contributed by atoms with Gasteiger partial charge in [0.05, 0.1) is 13.2 Å². The van der Waals surface area contributed by atoms with Gasteiger partial charge in [-0.2, -0.15) is 4.39 Å². The number of hydrogen-bond donors (Lipinski definition) is 0. The van der Waals surface area contributed by atoms with Crippen LogP contribution in [0.3, 0.4) is 0 Å². The van der Waals surface area contributed by atoms with Crippen LogP contribution in [0.2, 0.25) is 0 Å². The summed E-state index contributed by atoms with van der Waals surface area (Å²) in [6, 6.07) is 10.1. The molecule has 0 amide bonds.